The summed E-state index contributed by atoms with van der Waals surface area (Å²) in [4.78, 5) is 2.58. The van der Waals surface area contributed by atoms with Gasteiger partial charge in [-0.05, 0) is 43.7 Å². The van der Waals surface area contributed by atoms with Crippen molar-refractivity contribution < 1.29 is 8.42 Å². The van der Waals surface area contributed by atoms with Crippen LogP contribution in [0.2, 0.25) is 0 Å². The molecule has 0 amide bonds. The summed E-state index contributed by atoms with van der Waals surface area (Å²) in [6.07, 6.45) is 1.59. The number of hydrogen-bond donors (Lipinski definition) is 1. The predicted octanol–water partition coefficient (Wildman–Crippen LogP) is 1.02. The van der Waals surface area contributed by atoms with Crippen molar-refractivity contribution in [2.45, 2.75) is 17.7 Å². The predicted molar refractivity (Wildman–Crippen MR) is 69.1 cm³/mol. The lowest BCUT2D eigenvalue weighted by Gasteiger charge is -2.22. The summed E-state index contributed by atoms with van der Waals surface area (Å²) in [5.41, 5.74) is 2.01. The average molecular weight is 254 g/mol. The lowest BCUT2D eigenvalue weighted by Crippen LogP contribution is -2.28. The van der Waals surface area contributed by atoms with Gasteiger partial charge >= 0.3 is 0 Å². The molecule has 0 saturated carbocycles. The van der Waals surface area contributed by atoms with E-state index in [1.807, 2.05) is 26.2 Å². The molecule has 0 fully saturated rings. The first-order valence-electron chi connectivity index (χ1n) is 5.76. The first kappa shape index (κ1) is 12.4. The molecule has 0 aromatic heterocycles. The monoisotopic (exact) mass is 254 g/mol. The molecule has 4 nitrogen and oxygen atoms in total. The molecule has 0 bridgehead atoms. The van der Waals surface area contributed by atoms with Crippen molar-refractivity contribution in [3.05, 3.63) is 23.8 Å². The number of aryl methyl sites for hydroxylation is 1. The fraction of sp³-hybridized carbons (Fsp3) is 0.500. The van der Waals surface area contributed by atoms with Gasteiger partial charge in [0.2, 0.25) is 0 Å². The van der Waals surface area contributed by atoms with Crippen molar-refractivity contribution in [3.63, 3.8) is 0 Å². The maximum atomic E-state index is 11.9. The average Bonchev–Trinajstić information content (AvgIpc) is 2.28. The smallest absolute Gasteiger partial charge is 0.178 e. The highest BCUT2D eigenvalue weighted by atomic mass is 32.2. The van der Waals surface area contributed by atoms with E-state index in [1.165, 1.54) is 0 Å². The van der Waals surface area contributed by atoms with Crippen molar-refractivity contribution in [2.24, 2.45) is 0 Å². The fourth-order valence-electron chi connectivity index (χ4n) is 2.19. The molecule has 0 atom stereocenters. The Morgan fingerprint density at radius 1 is 1.41 bits per heavy atom. The quantitative estimate of drug-likeness (QED) is 0.818. The molecular weight excluding hydrogens is 236 g/mol. The Kier molecular flexibility index (Phi) is 3.40. The topological polar surface area (TPSA) is 49.4 Å². The van der Waals surface area contributed by atoms with Gasteiger partial charge in [0, 0.05) is 12.7 Å². The van der Waals surface area contributed by atoms with E-state index in [0.717, 1.165) is 30.8 Å². The number of benzene rings is 1. The Morgan fingerprint density at radius 3 is 2.88 bits per heavy atom. The van der Waals surface area contributed by atoms with E-state index in [-0.39, 0.29) is 5.75 Å². The van der Waals surface area contributed by atoms with Crippen LogP contribution >= 0.6 is 0 Å². The largest absolute Gasteiger partial charge is 0.362 e. The van der Waals surface area contributed by atoms with Gasteiger partial charge in [0.15, 0.2) is 9.84 Å². The van der Waals surface area contributed by atoms with Gasteiger partial charge in [0.1, 0.15) is 0 Å². The molecule has 1 aliphatic heterocycles. The minimum atomic E-state index is -3.03. The second kappa shape index (κ2) is 4.66. The van der Waals surface area contributed by atoms with Gasteiger partial charge in [-0.25, -0.2) is 8.42 Å². The van der Waals surface area contributed by atoms with Crippen molar-refractivity contribution in [2.75, 3.05) is 31.4 Å². The SMILES string of the molecule is CNCN(C)c1ccc2c(c1)CCCS2(=O)=O. The van der Waals surface area contributed by atoms with E-state index >= 15 is 0 Å². The van der Waals surface area contributed by atoms with Crippen molar-refractivity contribution in [1.82, 2.24) is 5.32 Å². The van der Waals surface area contributed by atoms with Crippen molar-refractivity contribution in [1.29, 1.82) is 0 Å². The van der Waals surface area contributed by atoms with Crippen LogP contribution in [-0.4, -0.2) is 34.9 Å². The van der Waals surface area contributed by atoms with Crippen LogP contribution in [0.15, 0.2) is 23.1 Å². The van der Waals surface area contributed by atoms with Crippen LogP contribution < -0.4 is 10.2 Å². The maximum absolute atomic E-state index is 11.9. The minimum absolute atomic E-state index is 0.283. The van der Waals surface area contributed by atoms with Crippen LogP contribution in [0.3, 0.4) is 0 Å². The van der Waals surface area contributed by atoms with Gasteiger partial charge in [0.05, 0.1) is 17.3 Å². The van der Waals surface area contributed by atoms with Crippen LogP contribution in [0, 0.1) is 0 Å². The number of sulfone groups is 1. The molecule has 5 heteroatoms. The van der Waals surface area contributed by atoms with E-state index in [9.17, 15) is 8.42 Å². The van der Waals surface area contributed by atoms with Crippen LogP contribution in [0.4, 0.5) is 5.69 Å². The minimum Gasteiger partial charge on any atom is -0.362 e. The van der Waals surface area contributed by atoms with Crippen LogP contribution in [0.1, 0.15) is 12.0 Å². The molecule has 1 aromatic rings. The lowest BCUT2D eigenvalue weighted by atomic mass is 10.1. The highest BCUT2D eigenvalue weighted by Crippen LogP contribution is 2.28. The summed E-state index contributed by atoms with van der Waals surface area (Å²) in [6, 6.07) is 5.60. The first-order chi connectivity index (χ1) is 8.04. The number of hydrogen-bond acceptors (Lipinski definition) is 4. The van der Waals surface area contributed by atoms with E-state index in [1.54, 1.807) is 6.07 Å². The molecule has 0 spiro atoms. The number of rotatable bonds is 3. The first-order valence-corrected chi connectivity index (χ1v) is 7.41. The number of anilines is 1. The summed E-state index contributed by atoms with van der Waals surface area (Å²) in [7, 11) is 0.839. The summed E-state index contributed by atoms with van der Waals surface area (Å²) >= 11 is 0. The molecule has 0 unspecified atom stereocenters. The number of nitrogens with zero attached hydrogens (tertiary/aromatic N) is 1. The molecule has 1 aliphatic rings. The van der Waals surface area contributed by atoms with Gasteiger partial charge in [-0.1, -0.05) is 0 Å². The molecule has 2 rings (SSSR count). The fourth-order valence-corrected chi connectivity index (χ4v) is 3.77. The third-order valence-electron chi connectivity index (χ3n) is 3.07. The zero-order valence-corrected chi connectivity index (χ0v) is 11.0. The number of nitrogens with one attached hydrogen (secondary N) is 1. The van der Waals surface area contributed by atoms with Crippen molar-refractivity contribution >= 4 is 15.5 Å². The molecule has 1 N–H and O–H groups in total. The normalized spacial score (nSPS) is 17.5. The second-order valence-corrected chi connectivity index (χ2v) is 6.50. The second-order valence-electron chi connectivity index (χ2n) is 4.42. The molecule has 94 valence electrons. The van der Waals surface area contributed by atoms with Crippen molar-refractivity contribution in [3.8, 4) is 0 Å². The zero-order valence-electron chi connectivity index (χ0n) is 10.2. The third-order valence-corrected chi connectivity index (χ3v) is 4.97. The Hall–Kier alpha value is -1.07. The van der Waals surface area contributed by atoms with E-state index < -0.39 is 9.84 Å². The molecule has 1 heterocycles. The van der Waals surface area contributed by atoms with E-state index in [0.29, 0.717) is 4.90 Å². The Morgan fingerprint density at radius 2 is 2.18 bits per heavy atom. The third kappa shape index (κ3) is 2.45. The zero-order chi connectivity index (χ0) is 12.5. The lowest BCUT2D eigenvalue weighted by molar-refractivity contribution is 0.586. The van der Waals surface area contributed by atoms with Gasteiger partial charge in [0.25, 0.3) is 0 Å². The Balaban J connectivity index is 2.38. The van der Waals surface area contributed by atoms with Gasteiger partial charge in [-0.15, -0.1) is 0 Å². The summed E-state index contributed by atoms with van der Waals surface area (Å²) in [5, 5.41) is 3.07. The molecule has 1 aromatic carbocycles. The summed E-state index contributed by atoms with van der Waals surface area (Å²) in [5.74, 6) is 0.283. The Labute approximate surface area is 103 Å². The highest BCUT2D eigenvalue weighted by molar-refractivity contribution is 7.91. The summed E-state index contributed by atoms with van der Waals surface area (Å²) in [6.45, 7) is 0.742. The van der Waals surface area contributed by atoms with Gasteiger partial charge in [-0.2, -0.15) is 0 Å². The highest BCUT2D eigenvalue weighted by Gasteiger charge is 2.23. The standard InChI is InChI=1S/C12H18N2O2S/c1-13-9-14(2)11-5-6-12-10(8-11)4-3-7-17(12,15)16/h5-6,8,13H,3-4,7,9H2,1-2H3. The molecular formula is C12H18N2O2S. The molecule has 0 aliphatic carbocycles. The molecule has 0 radical (unpaired) electrons. The van der Waals surface area contributed by atoms with E-state index in [4.69, 9.17) is 0 Å². The number of fused-ring (bicyclic) bond motifs is 1. The van der Waals surface area contributed by atoms with Gasteiger partial charge in [-0.3, -0.25) is 0 Å². The summed E-state index contributed by atoms with van der Waals surface area (Å²) < 4.78 is 23.7. The maximum Gasteiger partial charge on any atom is 0.178 e. The van der Waals surface area contributed by atoms with E-state index in [2.05, 4.69) is 10.2 Å². The van der Waals surface area contributed by atoms with Crippen LogP contribution in [0.5, 0.6) is 0 Å². The molecule has 17 heavy (non-hydrogen) atoms. The molecule has 0 saturated heterocycles. The Bertz CT molecular complexity index is 511. The van der Waals surface area contributed by atoms with Gasteiger partial charge < -0.3 is 10.2 Å². The van der Waals surface area contributed by atoms with Crippen LogP contribution in [-0.2, 0) is 16.3 Å². The van der Waals surface area contributed by atoms with Crippen LogP contribution in [0.25, 0.3) is 0 Å².